The van der Waals surface area contributed by atoms with Crippen LogP contribution in [0.3, 0.4) is 0 Å². The number of hydrogen-bond donors (Lipinski definition) is 10. The largest absolute Gasteiger partial charge is 0.396 e. The maximum absolute atomic E-state index is 10.9. The lowest BCUT2D eigenvalue weighted by Gasteiger charge is -2.49. The van der Waals surface area contributed by atoms with E-state index in [0.29, 0.717) is 6.42 Å². The van der Waals surface area contributed by atoms with Gasteiger partial charge in [-0.3, -0.25) is 0 Å². The summed E-state index contributed by atoms with van der Waals surface area (Å²) in [6.07, 6.45) is -14.0. The Kier molecular flexibility index (Phi) is 10.8. The number of aliphatic hydroxyl groups excluding tert-OH is 6. The van der Waals surface area contributed by atoms with Crippen molar-refractivity contribution < 1.29 is 54.3 Å². The van der Waals surface area contributed by atoms with Crippen molar-refractivity contribution in [2.75, 3.05) is 19.8 Å². The van der Waals surface area contributed by atoms with E-state index in [1.165, 1.54) is 0 Å². The van der Waals surface area contributed by atoms with Gasteiger partial charge in [0.2, 0.25) is 0 Å². The summed E-state index contributed by atoms with van der Waals surface area (Å²) in [7, 11) is 0. The average Bonchev–Trinajstić information content (AvgIpc) is 2.84. The highest BCUT2D eigenvalue weighted by Crippen LogP contribution is 2.32. The van der Waals surface area contributed by atoms with Crippen LogP contribution in [0.25, 0.3) is 0 Å². The lowest BCUT2D eigenvalue weighted by atomic mass is 9.84. The van der Waals surface area contributed by atoms with Gasteiger partial charge in [-0.2, -0.15) is 0 Å². The molecule has 2 aliphatic heterocycles. The molecule has 0 aromatic carbocycles. The molecule has 3 fully saturated rings. The van der Waals surface area contributed by atoms with Gasteiger partial charge in [0.15, 0.2) is 12.6 Å². The zero-order valence-electron chi connectivity index (χ0n) is 20.2. The van der Waals surface area contributed by atoms with Crippen molar-refractivity contribution in [2.45, 2.75) is 112 Å². The topological polar surface area (TPSA) is 272 Å². The summed E-state index contributed by atoms with van der Waals surface area (Å²) in [5.41, 5.74) is 24.0. The summed E-state index contributed by atoms with van der Waals surface area (Å²) in [5, 5.41) is 61.6. The van der Waals surface area contributed by atoms with Crippen LogP contribution in [0.5, 0.6) is 0 Å². The van der Waals surface area contributed by atoms with Crippen molar-refractivity contribution in [3.63, 3.8) is 0 Å². The Bertz CT molecular complexity index is 682. The second-order valence-corrected chi connectivity index (χ2v) is 9.70. The van der Waals surface area contributed by atoms with Crippen LogP contribution in [0.2, 0.25) is 0 Å². The zero-order chi connectivity index (χ0) is 26.7. The van der Waals surface area contributed by atoms with E-state index in [4.69, 9.17) is 51.7 Å². The first-order chi connectivity index (χ1) is 17.0. The summed E-state index contributed by atoms with van der Waals surface area (Å²) < 4.78 is 28.8. The van der Waals surface area contributed by atoms with Crippen LogP contribution in [-0.2, 0) is 23.7 Å². The van der Waals surface area contributed by atoms with Gasteiger partial charge in [-0.15, -0.1) is 0 Å². The second-order valence-electron chi connectivity index (χ2n) is 9.70. The second kappa shape index (κ2) is 13.0. The summed E-state index contributed by atoms with van der Waals surface area (Å²) >= 11 is 0. The molecule has 1 aliphatic carbocycles. The Morgan fingerprint density at radius 1 is 0.778 bits per heavy atom. The van der Waals surface area contributed by atoms with E-state index in [1.807, 2.05) is 0 Å². The Labute approximate surface area is 209 Å². The van der Waals surface area contributed by atoms with Crippen molar-refractivity contribution in [2.24, 2.45) is 22.9 Å². The van der Waals surface area contributed by atoms with Crippen molar-refractivity contribution in [1.82, 2.24) is 0 Å². The fourth-order valence-electron chi connectivity index (χ4n) is 4.78. The van der Waals surface area contributed by atoms with Gasteiger partial charge in [0, 0.05) is 31.8 Å². The number of ether oxygens (including phenoxy) is 5. The van der Waals surface area contributed by atoms with Crippen LogP contribution < -0.4 is 22.9 Å². The van der Waals surface area contributed by atoms with Crippen LogP contribution in [0.15, 0.2) is 0 Å². The van der Waals surface area contributed by atoms with Gasteiger partial charge >= 0.3 is 0 Å². The molecule has 0 aromatic rings. The molecule has 0 bridgehead atoms. The zero-order valence-corrected chi connectivity index (χ0v) is 20.2. The lowest BCUT2D eigenvalue weighted by Crippen LogP contribution is -2.69. The molecule has 15 heteroatoms. The lowest BCUT2D eigenvalue weighted by molar-refractivity contribution is -0.341. The van der Waals surface area contributed by atoms with E-state index in [1.54, 1.807) is 6.92 Å². The Balaban J connectivity index is 1.78. The molecule has 3 rings (SSSR count). The first-order valence-corrected chi connectivity index (χ1v) is 12.2. The highest BCUT2D eigenvalue weighted by atomic mass is 16.7. The minimum absolute atomic E-state index is 0.0790. The first-order valence-electron chi connectivity index (χ1n) is 12.2. The van der Waals surface area contributed by atoms with Crippen molar-refractivity contribution in [3.8, 4) is 0 Å². The molecule has 15 atom stereocenters. The predicted molar refractivity (Wildman–Crippen MR) is 122 cm³/mol. The van der Waals surface area contributed by atoms with Crippen LogP contribution in [0, 0.1) is 0 Å². The molecule has 212 valence electrons. The Hall–Kier alpha value is -0.600. The van der Waals surface area contributed by atoms with E-state index in [0.717, 1.165) is 0 Å². The predicted octanol–water partition coefficient (Wildman–Crippen LogP) is -5.86. The molecule has 36 heavy (non-hydrogen) atoms. The van der Waals surface area contributed by atoms with Crippen LogP contribution >= 0.6 is 0 Å². The molecule has 2 heterocycles. The molecule has 1 saturated carbocycles. The van der Waals surface area contributed by atoms with E-state index < -0.39 is 91.7 Å². The van der Waals surface area contributed by atoms with E-state index in [-0.39, 0.29) is 26.2 Å². The first kappa shape index (κ1) is 29.9. The van der Waals surface area contributed by atoms with Crippen LogP contribution in [-0.4, -0.2) is 142 Å². The molecule has 0 radical (unpaired) electrons. The minimum Gasteiger partial charge on any atom is -0.396 e. The highest BCUT2D eigenvalue weighted by molar-refractivity contribution is 5.01. The molecule has 15 nitrogen and oxygen atoms in total. The van der Waals surface area contributed by atoms with Gasteiger partial charge in [0.05, 0.1) is 18.2 Å². The maximum atomic E-state index is 10.9. The fourth-order valence-corrected chi connectivity index (χ4v) is 4.78. The van der Waals surface area contributed by atoms with E-state index >= 15 is 0 Å². The maximum Gasteiger partial charge on any atom is 0.187 e. The van der Waals surface area contributed by atoms with Gasteiger partial charge in [0.25, 0.3) is 0 Å². The minimum atomic E-state index is -1.47. The van der Waals surface area contributed by atoms with Gasteiger partial charge in [-0.05, 0) is 19.8 Å². The molecule has 3 aliphatic rings. The fraction of sp³-hybridized carbons (Fsp3) is 1.00. The summed E-state index contributed by atoms with van der Waals surface area (Å²) in [4.78, 5) is 0. The van der Waals surface area contributed by atoms with Crippen molar-refractivity contribution in [3.05, 3.63) is 0 Å². The number of hydrogen-bond acceptors (Lipinski definition) is 15. The standard InChI is InChI=1S/C21H42N4O11/c1-7-12(27)18(32-4-2-3-26)16(31)21(33-7)36-19-13(28)8(23)5-9(24)17(19)35-20-11(25)15(30)14(29)10(6-22)34-20/h7-21,26-31H,2-6,22-25H2,1H3/t7-,8-,9+,10-,11-,12-,13+,14-,15-,16-,17-,18+,19-,20-,21+/m1/s1. The average molecular weight is 527 g/mol. The summed E-state index contributed by atoms with van der Waals surface area (Å²) in [5.74, 6) is 0. The molecular formula is C21H42N4O11. The van der Waals surface area contributed by atoms with Gasteiger partial charge in [-0.25, -0.2) is 0 Å². The Morgan fingerprint density at radius 2 is 1.44 bits per heavy atom. The monoisotopic (exact) mass is 526 g/mol. The van der Waals surface area contributed by atoms with Crippen molar-refractivity contribution >= 4 is 0 Å². The highest BCUT2D eigenvalue weighted by Gasteiger charge is 2.52. The normalized spacial score (nSPS) is 50.2. The third-order valence-corrected chi connectivity index (χ3v) is 7.02. The third kappa shape index (κ3) is 6.33. The number of rotatable bonds is 9. The summed E-state index contributed by atoms with van der Waals surface area (Å²) in [6, 6.07) is -2.74. The Morgan fingerprint density at radius 3 is 2.08 bits per heavy atom. The SMILES string of the molecule is C[C@H]1O[C@@H](O[C@@H]2[C@@H](O)[C@H](N)C[C@H](N)[C@H]2O[C@H]2O[C@H](CN)[C@@H](O)[C@H](O)[C@H]2N)[C@H](O)[C@@H](OCCCO)[C@@H]1O. The number of nitrogens with two attached hydrogens (primary N) is 4. The van der Waals surface area contributed by atoms with Gasteiger partial charge < -0.3 is 77.3 Å². The quantitative estimate of drug-likeness (QED) is 0.125. The molecule has 0 amide bonds. The van der Waals surface area contributed by atoms with E-state index in [2.05, 4.69) is 0 Å². The third-order valence-electron chi connectivity index (χ3n) is 7.02. The smallest absolute Gasteiger partial charge is 0.187 e. The van der Waals surface area contributed by atoms with Crippen LogP contribution in [0.1, 0.15) is 19.8 Å². The molecule has 0 aromatic heterocycles. The molecule has 0 spiro atoms. The molecule has 14 N–H and O–H groups in total. The number of aliphatic hydroxyl groups is 6. The summed E-state index contributed by atoms with van der Waals surface area (Å²) in [6.45, 7) is 1.40. The van der Waals surface area contributed by atoms with Crippen LogP contribution in [0.4, 0.5) is 0 Å². The van der Waals surface area contributed by atoms with Gasteiger partial charge in [0.1, 0.15) is 48.8 Å². The van der Waals surface area contributed by atoms with Crippen molar-refractivity contribution in [1.29, 1.82) is 0 Å². The molecule has 0 unspecified atom stereocenters. The van der Waals surface area contributed by atoms with E-state index in [9.17, 15) is 25.5 Å². The molecule has 2 saturated heterocycles. The molecular weight excluding hydrogens is 484 g/mol. The van der Waals surface area contributed by atoms with Gasteiger partial charge in [-0.1, -0.05) is 0 Å².